The van der Waals surface area contributed by atoms with Crippen molar-refractivity contribution in [1.29, 1.82) is 0 Å². The Morgan fingerprint density at radius 3 is 2.88 bits per heavy atom. The van der Waals surface area contributed by atoms with Crippen molar-refractivity contribution in [3.8, 4) is 5.75 Å². The molecule has 24 heavy (non-hydrogen) atoms. The van der Waals surface area contributed by atoms with Crippen molar-refractivity contribution in [3.63, 3.8) is 0 Å². The SMILES string of the molecule is COc1cc(Cl)c(C)cc1NC(=O)Cc1ccc2oc(=O)[nH]c2c1. The normalized spacial score (nSPS) is 10.8. The number of fused-ring (bicyclic) bond motifs is 1. The summed E-state index contributed by atoms with van der Waals surface area (Å²) in [5.74, 6) is -0.234. The summed E-state index contributed by atoms with van der Waals surface area (Å²) in [6.45, 7) is 1.85. The molecule has 0 unspecified atom stereocenters. The molecule has 2 aromatic carbocycles. The summed E-state index contributed by atoms with van der Waals surface area (Å²) in [5.41, 5.74) is 3.17. The van der Waals surface area contributed by atoms with Gasteiger partial charge in [0.05, 0.1) is 24.7 Å². The fourth-order valence-electron chi connectivity index (χ4n) is 2.42. The molecule has 0 saturated carbocycles. The minimum absolute atomic E-state index is 0.147. The zero-order valence-corrected chi connectivity index (χ0v) is 13.9. The van der Waals surface area contributed by atoms with Crippen LogP contribution >= 0.6 is 11.6 Å². The van der Waals surface area contributed by atoms with Crippen LogP contribution in [0.2, 0.25) is 5.02 Å². The Kier molecular flexibility index (Phi) is 4.31. The molecule has 3 aromatic rings. The van der Waals surface area contributed by atoms with E-state index >= 15 is 0 Å². The molecule has 3 rings (SSSR count). The van der Waals surface area contributed by atoms with Crippen LogP contribution < -0.4 is 15.8 Å². The Morgan fingerprint density at radius 2 is 2.12 bits per heavy atom. The number of halogens is 1. The fraction of sp³-hybridized carbons (Fsp3) is 0.176. The number of aryl methyl sites for hydroxylation is 1. The lowest BCUT2D eigenvalue weighted by atomic mass is 10.1. The number of carbonyl (C=O) groups is 1. The summed E-state index contributed by atoms with van der Waals surface area (Å²) in [6.07, 6.45) is 0.147. The summed E-state index contributed by atoms with van der Waals surface area (Å²) in [5, 5.41) is 3.38. The molecule has 1 aromatic heterocycles. The Labute approximate surface area is 142 Å². The van der Waals surface area contributed by atoms with Gasteiger partial charge >= 0.3 is 5.76 Å². The second-order valence-electron chi connectivity index (χ2n) is 5.37. The summed E-state index contributed by atoms with van der Waals surface area (Å²) in [7, 11) is 1.51. The highest BCUT2D eigenvalue weighted by atomic mass is 35.5. The van der Waals surface area contributed by atoms with Gasteiger partial charge in [-0.25, -0.2) is 4.79 Å². The van der Waals surface area contributed by atoms with Crippen molar-refractivity contribution >= 4 is 34.3 Å². The summed E-state index contributed by atoms with van der Waals surface area (Å²) in [4.78, 5) is 26.0. The second kappa shape index (κ2) is 6.41. The number of aromatic amines is 1. The lowest BCUT2D eigenvalue weighted by Gasteiger charge is -2.12. The Balaban J connectivity index is 1.79. The molecule has 0 radical (unpaired) electrons. The van der Waals surface area contributed by atoms with Gasteiger partial charge in [0.25, 0.3) is 0 Å². The van der Waals surface area contributed by atoms with Gasteiger partial charge in [-0.1, -0.05) is 17.7 Å². The van der Waals surface area contributed by atoms with E-state index in [9.17, 15) is 9.59 Å². The number of methoxy groups -OCH3 is 1. The number of benzene rings is 2. The van der Waals surface area contributed by atoms with Gasteiger partial charge in [-0.3, -0.25) is 9.78 Å². The maximum absolute atomic E-state index is 12.3. The third kappa shape index (κ3) is 3.28. The molecule has 0 saturated heterocycles. The molecule has 0 aliphatic carbocycles. The van der Waals surface area contributed by atoms with E-state index in [-0.39, 0.29) is 12.3 Å². The number of nitrogens with one attached hydrogen (secondary N) is 2. The fourth-order valence-corrected chi connectivity index (χ4v) is 2.57. The molecule has 7 heteroatoms. The number of hydrogen-bond acceptors (Lipinski definition) is 4. The van der Waals surface area contributed by atoms with Gasteiger partial charge in [-0.2, -0.15) is 0 Å². The molecule has 0 aliphatic rings. The first-order chi connectivity index (χ1) is 11.5. The Morgan fingerprint density at radius 1 is 1.33 bits per heavy atom. The summed E-state index contributed by atoms with van der Waals surface area (Å²) in [6, 6.07) is 8.53. The van der Waals surface area contributed by atoms with Crippen molar-refractivity contribution < 1.29 is 13.9 Å². The van der Waals surface area contributed by atoms with Gasteiger partial charge in [-0.15, -0.1) is 0 Å². The Hall–Kier alpha value is -2.73. The van der Waals surface area contributed by atoms with E-state index in [4.69, 9.17) is 20.8 Å². The average molecular weight is 347 g/mol. The van der Waals surface area contributed by atoms with Crippen molar-refractivity contribution in [1.82, 2.24) is 4.98 Å². The number of ether oxygens (including phenoxy) is 1. The van der Waals surface area contributed by atoms with E-state index in [1.807, 2.05) is 6.92 Å². The van der Waals surface area contributed by atoms with E-state index in [2.05, 4.69) is 10.3 Å². The van der Waals surface area contributed by atoms with E-state index in [1.165, 1.54) is 7.11 Å². The predicted octanol–water partition coefficient (Wildman–Crippen LogP) is 3.27. The summed E-state index contributed by atoms with van der Waals surface area (Å²) >= 11 is 6.06. The first-order valence-corrected chi connectivity index (χ1v) is 7.60. The molecular weight excluding hydrogens is 332 g/mol. The number of amides is 1. The monoisotopic (exact) mass is 346 g/mol. The maximum Gasteiger partial charge on any atom is 0.417 e. The highest BCUT2D eigenvalue weighted by Gasteiger charge is 2.12. The van der Waals surface area contributed by atoms with Gasteiger partial charge in [0.15, 0.2) is 5.58 Å². The topological polar surface area (TPSA) is 84.3 Å². The van der Waals surface area contributed by atoms with E-state index in [0.717, 1.165) is 11.1 Å². The van der Waals surface area contributed by atoms with Crippen molar-refractivity contribution in [2.45, 2.75) is 13.3 Å². The minimum atomic E-state index is -0.520. The molecule has 0 aliphatic heterocycles. The highest BCUT2D eigenvalue weighted by Crippen LogP contribution is 2.31. The lowest BCUT2D eigenvalue weighted by Crippen LogP contribution is -2.15. The van der Waals surface area contributed by atoms with E-state index in [1.54, 1.807) is 30.3 Å². The number of aromatic nitrogens is 1. The van der Waals surface area contributed by atoms with Crippen LogP contribution in [0.1, 0.15) is 11.1 Å². The van der Waals surface area contributed by atoms with Crippen LogP contribution in [0.4, 0.5) is 5.69 Å². The largest absolute Gasteiger partial charge is 0.495 e. The van der Waals surface area contributed by atoms with Gasteiger partial charge in [-0.05, 0) is 36.2 Å². The average Bonchev–Trinajstić information content (AvgIpc) is 2.90. The summed E-state index contributed by atoms with van der Waals surface area (Å²) < 4.78 is 10.2. The standard InChI is InChI=1S/C17H15ClN2O4/c1-9-5-12(15(23-2)8-11(9)18)19-16(21)7-10-3-4-14-13(6-10)20-17(22)24-14/h3-6,8H,7H2,1-2H3,(H,19,21)(H,20,22). The van der Waals surface area contributed by atoms with Gasteiger partial charge in [0, 0.05) is 11.1 Å². The predicted molar refractivity (Wildman–Crippen MR) is 91.9 cm³/mol. The molecule has 2 N–H and O–H groups in total. The molecule has 0 fully saturated rings. The third-order valence-electron chi connectivity index (χ3n) is 3.60. The number of hydrogen-bond donors (Lipinski definition) is 2. The van der Waals surface area contributed by atoms with Gasteiger partial charge < -0.3 is 14.5 Å². The Bertz CT molecular complexity index is 974. The van der Waals surface area contributed by atoms with Crippen molar-refractivity contribution in [2.75, 3.05) is 12.4 Å². The molecular formula is C17H15ClN2O4. The molecule has 0 bridgehead atoms. The molecule has 6 nitrogen and oxygen atoms in total. The number of oxazole rings is 1. The van der Waals surface area contributed by atoms with E-state index in [0.29, 0.717) is 27.6 Å². The highest BCUT2D eigenvalue weighted by molar-refractivity contribution is 6.31. The van der Waals surface area contributed by atoms with Crippen LogP contribution in [0.25, 0.3) is 11.1 Å². The van der Waals surface area contributed by atoms with Crippen molar-refractivity contribution in [3.05, 3.63) is 57.0 Å². The minimum Gasteiger partial charge on any atom is -0.495 e. The maximum atomic E-state index is 12.3. The van der Waals surface area contributed by atoms with Gasteiger partial charge in [0.1, 0.15) is 5.75 Å². The molecule has 1 amide bonds. The number of anilines is 1. The first-order valence-electron chi connectivity index (χ1n) is 7.22. The van der Waals surface area contributed by atoms with E-state index < -0.39 is 5.76 Å². The third-order valence-corrected chi connectivity index (χ3v) is 4.01. The quantitative estimate of drug-likeness (QED) is 0.759. The van der Waals surface area contributed by atoms with Crippen LogP contribution in [0.15, 0.2) is 39.5 Å². The molecule has 0 spiro atoms. The lowest BCUT2D eigenvalue weighted by molar-refractivity contribution is -0.115. The molecule has 1 heterocycles. The molecule has 0 atom stereocenters. The van der Waals surface area contributed by atoms with Crippen LogP contribution in [0, 0.1) is 6.92 Å². The van der Waals surface area contributed by atoms with Crippen LogP contribution in [0.5, 0.6) is 5.75 Å². The number of rotatable bonds is 4. The number of carbonyl (C=O) groups excluding carboxylic acids is 1. The van der Waals surface area contributed by atoms with Crippen LogP contribution in [-0.4, -0.2) is 18.0 Å². The first kappa shape index (κ1) is 16.1. The molecule has 124 valence electrons. The van der Waals surface area contributed by atoms with Gasteiger partial charge in [0.2, 0.25) is 5.91 Å². The second-order valence-corrected chi connectivity index (χ2v) is 5.78. The van der Waals surface area contributed by atoms with Crippen LogP contribution in [0.3, 0.4) is 0 Å². The zero-order chi connectivity index (χ0) is 17.3. The number of H-pyrrole nitrogens is 1. The smallest absolute Gasteiger partial charge is 0.417 e. The van der Waals surface area contributed by atoms with Crippen LogP contribution in [-0.2, 0) is 11.2 Å². The van der Waals surface area contributed by atoms with Crippen molar-refractivity contribution in [2.24, 2.45) is 0 Å². The zero-order valence-electron chi connectivity index (χ0n) is 13.1.